The number of nitrogens with one attached hydrogen (secondary N) is 2. The van der Waals surface area contributed by atoms with E-state index >= 15 is 0 Å². The van der Waals surface area contributed by atoms with Gasteiger partial charge in [-0.15, -0.1) is 0 Å². The van der Waals surface area contributed by atoms with Gasteiger partial charge in [0, 0.05) is 23.1 Å². The van der Waals surface area contributed by atoms with Gasteiger partial charge in [-0.1, -0.05) is 41.6 Å². The van der Waals surface area contributed by atoms with Crippen molar-refractivity contribution in [2.24, 2.45) is 0 Å². The molecule has 5 rings (SSSR count). The number of carbonyl (C=O) groups is 1. The van der Waals surface area contributed by atoms with Crippen molar-refractivity contribution in [1.29, 1.82) is 0 Å². The van der Waals surface area contributed by atoms with Gasteiger partial charge in [0.15, 0.2) is 16.7 Å². The third-order valence-electron chi connectivity index (χ3n) is 4.99. The standard InChI is InChI=1S/C21H16ClN3O4S/c22-13-3-1-2-11(6-13)9-30-21-24-19-18(20(27)25-21)14(8-17(26)23-19)12-4-5-15-16(7-12)29-10-28-15/h1-7,14H,8-10H2,(H2,23,24,25,26,27). The molecule has 2 aromatic carbocycles. The first kappa shape index (κ1) is 19.0. The molecule has 0 spiro atoms. The minimum absolute atomic E-state index is 0.159. The van der Waals surface area contributed by atoms with Gasteiger partial charge in [0.1, 0.15) is 5.82 Å². The van der Waals surface area contributed by atoms with Crippen LogP contribution in [0.5, 0.6) is 11.5 Å². The summed E-state index contributed by atoms with van der Waals surface area (Å²) < 4.78 is 10.8. The van der Waals surface area contributed by atoms with E-state index in [-0.39, 0.29) is 24.7 Å². The summed E-state index contributed by atoms with van der Waals surface area (Å²) in [5, 5.41) is 3.83. The number of H-pyrrole nitrogens is 1. The number of hydrogen-bond acceptors (Lipinski definition) is 6. The van der Waals surface area contributed by atoms with Gasteiger partial charge in [-0.25, -0.2) is 4.98 Å². The third kappa shape index (κ3) is 3.64. The molecule has 0 fully saturated rings. The van der Waals surface area contributed by atoms with Crippen LogP contribution in [0.1, 0.15) is 29.0 Å². The zero-order valence-electron chi connectivity index (χ0n) is 15.6. The Hall–Kier alpha value is -2.97. The summed E-state index contributed by atoms with van der Waals surface area (Å²) in [7, 11) is 0. The van der Waals surface area contributed by atoms with E-state index in [1.165, 1.54) is 11.8 Å². The Morgan fingerprint density at radius 2 is 2.00 bits per heavy atom. The van der Waals surface area contributed by atoms with E-state index in [0.29, 0.717) is 38.8 Å². The molecule has 3 aromatic rings. The summed E-state index contributed by atoms with van der Waals surface area (Å²) in [4.78, 5) is 32.6. The number of halogens is 1. The second-order valence-corrected chi connectivity index (χ2v) is 8.37. The first-order chi connectivity index (χ1) is 14.6. The Balaban J connectivity index is 1.46. The zero-order chi connectivity index (χ0) is 20.7. The Bertz CT molecular complexity index is 1210. The average Bonchev–Trinajstić information content (AvgIpc) is 3.19. The first-order valence-corrected chi connectivity index (χ1v) is 10.6. The number of carbonyl (C=O) groups excluding carboxylic acids is 1. The fourth-order valence-electron chi connectivity index (χ4n) is 3.61. The molecule has 9 heteroatoms. The molecule has 1 unspecified atom stereocenters. The lowest BCUT2D eigenvalue weighted by Gasteiger charge is -2.24. The highest BCUT2D eigenvalue weighted by atomic mass is 35.5. The van der Waals surface area contributed by atoms with Crippen molar-refractivity contribution < 1.29 is 14.3 Å². The van der Waals surface area contributed by atoms with Crippen LogP contribution in [0.15, 0.2) is 52.4 Å². The molecule has 3 heterocycles. The number of rotatable bonds is 4. The molecule has 0 saturated carbocycles. The van der Waals surface area contributed by atoms with Crippen molar-refractivity contribution in [3.05, 3.63) is 74.5 Å². The highest BCUT2D eigenvalue weighted by molar-refractivity contribution is 7.98. The van der Waals surface area contributed by atoms with Crippen LogP contribution in [0, 0.1) is 0 Å². The molecule has 0 saturated heterocycles. The van der Waals surface area contributed by atoms with Gasteiger partial charge >= 0.3 is 0 Å². The van der Waals surface area contributed by atoms with Crippen LogP contribution in [-0.4, -0.2) is 22.7 Å². The number of aromatic nitrogens is 2. The normalized spacial score (nSPS) is 16.8. The molecule has 1 amide bonds. The van der Waals surface area contributed by atoms with E-state index in [1.54, 1.807) is 12.1 Å². The molecule has 0 radical (unpaired) electrons. The molecule has 7 nitrogen and oxygen atoms in total. The zero-order valence-corrected chi connectivity index (χ0v) is 17.2. The lowest BCUT2D eigenvalue weighted by atomic mass is 9.86. The van der Waals surface area contributed by atoms with E-state index in [9.17, 15) is 9.59 Å². The third-order valence-corrected chi connectivity index (χ3v) is 6.17. The minimum atomic E-state index is -0.411. The van der Waals surface area contributed by atoms with Gasteiger partial charge in [-0.05, 0) is 35.4 Å². The second kappa shape index (κ2) is 7.70. The molecular weight excluding hydrogens is 426 g/mol. The SMILES string of the molecule is O=C1CC(c2ccc3c(c2)OCO3)c2c(nc(SCc3cccc(Cl)c3)[nH]c2=O)N1. The Labute approximate surface area is 180 Å². The summed E-state index contributed by atoms with van der Waals surface area (Å²) in [5.74, 6) is 1.55. The summed E-state index contributed by atoms with van der Waals surface area (Å²) >= 11 is 7.40. The molecule has 1 atom stereocenters. The number of aromatic amines is 1. The minimum Gasteiger partial charge on any atom is -0.454 e. The molecule has 0 aliphatic carbocycles. The van der Waals surface area contributed by atoms with Crippen molar-refractivity contribution in [3.63, 3.8) is 0 Å². The van der Waals surface area contributed by atoms with Crippen molar-refractivity contribution in [3.8, 4) is 11.5 Å². The van der Waals surface area contributed by atoms with Gasteiger partial charge in [0.05, 0.1) is 5.56 Å². The lowest BCUT2D eigenvalue weighted by Crippen LogP contribution is -2.31. The van der Waals surface area contributed by atoms with E-state index in [2.05, 4.69) is 15.3 Å². The lowest BCUT2D eigenvalue weighted by molar-refractivity contribution is -0.116. The van der Waals surface area contributed by atoms with E-state index in [0.717, 1.165) is 11.1 Å². The fraction of sp³-hybridized carbons (Fsp3) is 0.190. The molecule has 1 aromatic heterocycles. The van der Waals surface area contributed by atoms with Gasteiger partial charge in [0.2, 0.25) is 12.7 Å². The molecule has 152 valence electrons. The highest BCUT2D eigenvalue weighted by Gasteiger charge is 2.32. The number of fused-ring (bicyclic) bond motifs is 2. The Kier molecular flexibility index (Phi) is 4.88. The van der Waals surface area contributed by atoms with E-state index < -0.39 is 5.92 Å². The van der Waals surface area contributed by atoms with Gasteiger partial charge in [-0.3, -0.25) is 9.59 Å². The van der Waals surface area contributed by atoms with Gasteiger partial charge in [0.25, 0.3) is 5.56 Å². The van der Waals surface area contributed by atoms with Crippen molar-refractivity contribution in [2.75, 3.05) is 12.1 Å². The van der Waals surface area contributed by atoms with Crippen LogP contribution >= 0.6 is 23.4 Å². The largest absolute Gasteiger partial charge is 0.454 e. The maximum Gasteiger partial charge on any atom is 0.257 e. The number of hydrogen-bond donors (Lipinski definition) is 2. The number of nitrogens with zero attached hydrogens (tertiary/aromatic N) is 1. The van der Waals surface area contributed by atoms with Crippen LogP contribution in [0.25, 0.3) is 0 Å². The molecule has 2 N–H and O–H groups in total. The Morgan fingerprint density at radius 1 is 1.13 bits per heavy atom. The maximum absolute atomic E-state index is 12.9. The second-order valence-electron chi connectivity index (χ2n) is 6.97. The van der Waals surface area contributed by atoms with E-state index in [4.69, 9.17) is 21.1 Å². The van der Waals surface area contributed by atoms with Crippen LogP contribution in [0.3, 0.4) is 0 Å². The van der Waals surface area contributed by atoms with Crippen molar-refractivity contribution >= 4 is 35.1 Å². The van der Waals surface area contributed by atoms with Gasteiger partial charge < -0.3 is 19.8 Å². The number of ether oxygens (including phenoxy) is 2. The molecule has 0 bridgehead atoms. The summed E-state index contributed by atoms with van der Waals surface area (Å²) in [6.07, 6.45) is 0.159. The summed E-state index contributed by atoms with van der Waals surface area (Å²) in [6.45, 7) is 0.163. The molecule has 2 aliphatic rings. The predicted molar refractivity (Wildman–Crippen MR) is 114 cm³/mol. The van der Waals surface area contributed by atoms with Crippen LogP contribution in [-0.2, 0) is 10.5 Å². The van der Waals surface area contributed by atoms with Crippen molar-refractivity contribution in [1.82, 2.24) is 9.97 Å². The number of benzene rings is 2. The van der Waals surface area contributed by atoms with Crippen LogP contribution in [0.4, 0.5) is 5.82 Å². The molecular formula is C21H16ClN3O4S. The van der Waals surface area contributed by atoms with Gasteiger partial charge in [-0.2, -0.15) is 0 Å². The highest BCUT2D eigenvalue weighted by Crippen LogP contribution is 2.40. The summed E-state index contributed by atoms with van der Waals surface area (Å²) in [5.41, 5.74) is 1.99. The van der Waals surface area contributed by atoms with Crippen LogP contribution in [0.2, 0.25) is 5.02 Å². The quantitative estimate of drug-likeness (QED) is 0.471. The van der Waals surface area contributed by atoms with E-state index in [1.807, 2.05) is 30.3 Å². The first-order valence-electron chi connectivity index (χ1n) is 9.27. The topological polar surface area (TPSA) is 93.3 Å². The van der Waals surface area contributed by atoms with Crippen LogP contribution < -0.4 is 20.3 Å². The van der Waals surface area contributed by atoms with Crippen molar-refractivity contribution in [2.45, 2.75) is 23.2 Å². The number of anilines is 1. The fourth-order valence-corrected chi connectivity index (χ4v) is 4.63. The Morgan fingerprint density at radius 3 is 2.87 bits per heavy atom. The monoisotopic (exact) mass is 441 g/mol. The summed E-state index contributed by atoms with van der Waals surface area (Å²) in [6, 6.07) is 13.0. The molecule has 30 heavy (non-hydrogen) atoms. The number of amides is 1. The molecule has 2 aliphatic heterocycles. The maximum atomic E-state index is 12.9. The average molecular weight is 442 g/mol. The number of thioether (sulfide) groups is 1. The predicted octanol–water partition coefficient (Wildman–Crippen LogP) is 3.92. The smallest absolute Gasteiger partial charge is 0.257 e.